The number of benzene rings is 2. The fraction of sp³-hybridized carbons (Fsp3) is 0.208. The van der Waals surface area contributed by atoms with Crippen molar-refractivity contribution < 1.29 is 9.53 Å². The van der Waals surface area contributed by atoms with Crippen LogP contribution in [0.4, 0.5) is 0 Å². The second-order valence-corrected chi connectivity index (χ2v) is 9.04. The predicted octanol–water partition coefficient (Wildman–Crippen LogP) is 5.67. The third kappa shape index (κ3) is 4.34. The number of hydrogen-bond acceptors (Lipinski definition) is 5. The van der Waals surface area contributed by atoms with E-state index in [1.807, 2.05) is 36.4 Å². The number of thiophene rings is 1. The second-order valence-electron chi connectivity index (χ2n) is 7.04. The molecule has 0 spiro atoms. The van der Waals surface area contributed by atoms with E-state index in [4.69, 9.17) is 4.74 Å². The van der Waals surface area contributed by atoms with Gasteiger partial charge in [-0.15, -0.1) is 11.3 Å². The molecule has 0 saturated heterocycles. The molecule has 0 unspecified atom stereocenters. The number of carbonyl (C=O) groups excluding carboxylic acids is 1. The quantitative estimate of drug-likeness (QED) is 0.322. The summed E-state index contributed by atoms with van der Waals surface area (Å²) >= 11 is 5.05. The highest BCUT2D eigenvalue weighted by Gasteiger charge is 2.18. The molecule has 2 aromatic carbocycles. The van der Waals surface area contributed by atoms with Crippen LogP contribution >= 0.6 is 27.3 Å². The van der Waals surface area contributed by atoms with Gasteiger partial charge in [0.15, 0.2) is 0 Å². The SMILES string of the molecule is CCOC(=O)c1ccc(Cn2cnc3sc(CC)c(-c4ccc(Br)cc4)c3c2=O)cc1. The predicted molar refractivity (Wildman–Crippen MR) is 128 cm³/mol. The molecule has 0 aliphatic heterocycles. The van der Waals surface area contributed by atoms with E-state index in [9.17, 15) is 9.59 Å². The molecule has 0 bridgehead atoms. The van der Waals surface area contributed by atoms with E-state index in [1.165, 1.54) is 0 Å². The van der Waals surface area contributed by atoms with Gasteiger partial charge < -0.3 is 4.74 Å². The number of esters is 1. The van der Waals surface area contributed by atoms with Crippen molar-refractivity contribution in [3.8, 4) is 11.1 Å². The van der Waals surface area contributed by atoms with Gasteiger partial charge >= 0.3 is 5.97 Å². The molecule has 0 radical (unpaired) electrons. The molecule has 0 N–H and O–H groups in total. The molecular weight excluding hydrogens is 476 g/mol. The Morgan fingerprint density at radius 2 is 1.81 bits per heavy atom. The van der Waals surface area contributed by atoms with Crippen molar-refractivity contribution in [2.45, 2.75) is 26.8 Å². The monoisotopic (exact) mass is 496 g/mol. The first-order valence-electron chi connectivity index (χ1n) is 10.0. The molecule has 31 heavy (non-hydrogen) atoms. The Labute approximate surface area is 192 Å². The molecule has 0 aliphatic carbocycles. The summed E-state index contributed by atoms with van der Waals surface area (Å²) in [5.41, 5.74) is 3.33. The molecule has 0 fully saturated rings. The minimum absolute atomic E-state index is 0.0617. The molecule has 0 amide bonds. The number of fused-ring (bicyclic) bond motifs is 1. The standard InChI is InChI=1S/C24H21BrN2O3S/c1-3-19-20(16-9-11-18(25)12-10-16)21-22(31-19)26-14-27(23(21)28)13-15-5-7-17(8-6-15)24(29)30-4-2/h5-12,14H,3-4,13H2,1-2H3. The maximum absolute atomic E-state index is 13.4. The van der Waals surface area contributed by atoms with Gasteiger partial charge in [-0.1, -0.05) is 47.1 Å². The maximum atomic E-state index is 13.4. The molecule has 4 aromatic rings. The summed E-state index contributed by atoms with van der Waals surface area (Å²) in [6.07, 6.45) is 2.44. The van der Waals surface area contributed by atoms with E-state index in [-0.39, 0.29) is 11.5 Å². The molecule has 0 aliphatic rings. The number of ether oxygens (including phenoxy) is 1. The zero-order chi connectivity index (χ0) is 22.0. The van der Waals surface area contributed by atoms with Gasteiger partial charge in [0.25, 0.3) is 5.56 Å². The van der Waals surface area contributed by atoms with E-state index in [0.29, 0.717) is 24.1 Å². The Morgan fingerprint density at radius 1 is 1.10 bits per heavy atom. The average Bonchev–Trinajstić information content (AvgIpc) is 3.16. The first kappa shape index (κ1) is 21.5. The zero-order valence-electron chi connectivity index (χ0n) is 17.2. The van der Waals surface area contributed by atoms with Gasteiger partial charge in [-0.2, -0.15) is 0 Å². The summed E-state index contributed by atoms with van der Waals surface area (Å²) in [6, 6.07) is 15.1. The minimum Gasteiger partial charge on any atom is -0.462 e. The lowest BCUT2D eigenvalue weighted by Gasteiger charge is -2.08. The Morgan fingerprint density at radius 3 is 2.45 bits per heavy atom. The summed E-state index contributed by atoms with van der Waals surface area (Å²) in [5.74, 6) is -0.348. The van der Waals surface area contributed by atoms with Gasteiger partial charge in [0, 0.05) is 14.9 Å². The van der Waals surface area contributed by atoms with Gasteiger partial charge in [0.2, 0.25) is 0 Å². The van der Waals surface area contributed by atoms with Crippen molar-refractivity contribution in [3.05, 3.63) is 85.7 Å². The average molecular weight is 497 g/mol. The van der Waals surface area contributed by atoms with E-state index in [1.54, 1.807) is 41.3 Å². The highest BCUT2D eigenvalue weighted by atomic mass is 79.9. The van der Waals surface area contributed by atoms with Gasteiger partial charge in [0.1, 0.15) is 4.83 Å². The maximum Gasteiger partial charge on any atom is 0.338 e. The van der Waals surface area contributed by atoms with Crippen LogP contribution in [0.15, 0.2) is 64.1 Å². The smallest absolute Gasteiger partial charge is 0.338 e. The summed E-state index contributed by atoms with van der Waals surface area (Å²) in [7, 11) is 0. The molecule has 0 atom stereocenters. The van der Waals surface area contributed by atoms with E-state index in [2.05, 4.69) is 27.8 Å². The van der Waals surface area contributed by atoms with Crippen molar-refractivity contribution in [1.29, 1.82) is 0 Å². The molecule has 5 nitrogen and oxygen atoms in total. The fourth-order valence-corrected chi connectivity index (χ4v) is 4.87. The number of aromatic nitrogens is 2. The molecule has 158 valence electrons. The number of hydrogen-bond donors (Lipinski definition) is 0. The number of aryl methyl sites for hydroxylation is 1. The lowest BCUT2D eigenvalue weighted by atomic mass is 10.0. The van der Waals surface area contributed by atoms with E-state index in [0.717, 1.165) is 37.3 Å². The highest BCUT2D eigenvalue weighted by Crippen LogP contribution is 2.36. The first-order chi connectivity index (χ1) is 15.0. The van der Waals surface area contributed by atoms with Crippen LogP contribution in [-0.2, 0) is 17.7 Å². The van der Waals surface area contributed by atoms with Gasteiger partial charge in [0.05, 0.1) is 30.4 Å². The van der Waals surface area contributed by atoms with Crippen molar-refractivity contribution in [2.24, 2.45) is 0 Å². The first-order valence-corrected chi connectivity index (χ1v) is 11.7. The number of rotatable bonds is 6. The van der Waals surface area contributed by atoms with Gasteiger partial charge in [-0.05, 0) is 48.7 Å². The van der Waals surface area contributed by atoms with Crippen LogP contribution < -0.4 is 5.56 Å². The van der Waals surface area contributed by atoms with Crippen molar-refractivity contribution in [2.75, 3.05) is 6.61 Å². The van der Waals surface area contributed by atoms with Crippen LogP contribution in [0.25, 0.3) is 21.3 Å². The highest BCUT2D eigenvalue weighted by molar-refractivity contribution is 9.10. The van der Waals surface area contributed by atoms with Crippen LogP contribution in [0.1, 0.15) is 34.6 Å². The number of carbonyl (C=O) groups is 1. The Bertz CT molecular complexity index is 1290. The molecule has 0 saturated carbocycles. The van der Waals surface area contributed by atoms with Crippen LogP contribution in [-0.4, -0.2) is 22.1 Å². The molecular formula is C24H21BrN2O3S. The van der Waals surface area contributed by atoms with E-state index < -0.39 is 0 Å². The van der Waals surface area contributed by atoms with Crippen LogP contribution in [0, 0.1) is 0 Å². The Balaban J connectivity index is 1.74. The lowest BCUT2D eigenvalue weighted by molar-refractivity contribution is 0.0526. The van der Waals surface area contributed by atoms with Crippen LogP contribution in [0.3, 0.4) is 0 Å². The largest absolute Gasteiger partial charge is 0.462 e. The molecule has 2 aromatic heterocycles. The minimum atomic E-state index is -0.348. The lowest BCUT2D eigenvalue weighted by Crippen LogP contribution is -2.21. The molecule has 7 heteroatoms. The number of halogens is 1. The summed E-state index contributed by atoms with van der Waals surface area (Å²) in [6.45, 7) is 4.58. The summed E-state index contributed by atoms with van der Waals surface area (Å²) in [4.78, 5) is 31.8. The second kappa shape index (κ2) is 9.16. The zero-order valence-corrected chi connectivity index (χ0v) is 19.6. The van der Waals surface area contributed by atoms with Crippen molar-refractivity contribution in [3.63, 3.8) is 0 Å². The normalized spacial score (nSPS) is 11.1. The van der Waals surface area contributed by atoms with Crippen molar-refractivity contribution >= 4 is 43.5 Å². The summed E-state index contributed by atoms with van der Waals surface area (Å²) < 4.78 is 7.64. The van der Waals surface area contributed by atoms with Gasteiger partial charge in [-0.3, -0.25) is 9.36 Å². The fourth-order valence-electron chi connectivity index (χ4n) is 3.51. The summed E-state index contributed by atoms with van der Waals surface area (Å²) in [5, 5.41) is 0.662. The molecule has 2 heterocycles. The number of nitrogens with zero attached hydrogens (tertiary/aromatic N) is 2. The van der Waals surface area contributed by atoms with Gasteiger partial charge in [-0.25, -0.2) is 9.78 Å². The topological polar surface area (TPSA) is 61.2 Å². The third-order valence-electron chi connectivity index (χ3n) is 5.02. The van der Waals surface area contributed by atoms with Crippen LogP contribution in [0.5, 0.6) is 0 Å². The third-order valence-corrected chi connectivity index (χ3v) is 6.79. The van der Waals surface area contributed by atoms with E-state index >= 15 is 0 Å². The van der Waals surface area contributed by atoms with Crippen LogP contribution in [0.2, 0.25) is 0 Å². The Hall–Kier alpha value is -2.77. The molecule has 4 rings (SSSR count). The Kier molecular flexibility index (Phi) is 6.34. The van der Waals surface area contributed by atoms with Crippen molar-refractivity contribution in [1.82, 2.24) is 9.55 Å².